The van der Waals surface area contributed by atoms with E-state index in [1.165, 1.54) is 0 Å². The monoisotopic (exact) mass is 322 g/mol. The van der Waals surface area contributed by atoms with Gasteiger partial charge in [0.2, 0.25) is 5.91 Å². The van der Waals surface area contributed by atoms with Gasteiger partial charge >= 0.3 is 5.97 Å². The highest BCUT2D eigenvalue weighted by Crippen LogP contribution is 2.11. The topological polar surface area (TPSA) is 105 Å². The Balaban J connectivity index is 2.51. The lowest BCUT2D eigenvalue weighted by Crippen LogP contribution is -2.48. The van der Waals surface area contributed by atoms with Gasteiger partial charge in [0, 0.05) is 5.56 Å². The Morgan fingerprint density at radius 2 is 1.78 bits per heavy atom. The fourth-order valence-corrected chi connectivity index (χ4v) is 1.87. The Bertz CT molecular complexity index is 554. The Kier molecular flexibility index (Phi) is 7.05. The molecule has 2 amide bonds. The Labute approximate surface area is 135 Å². The normalized spacial score (nSPS) is 11.7. The van der Waals surface area contributed by atoms with Gasteiger partial charge in [-0.15, -0.1) is 0 Å². The highest BCUT2D eigenvalue weighted by molar-refractivity contribution is 5.97. The van der Waals surface area contributed by atoms with Gasteiger partial charge in [0.1, 0.15) is 11.8 Å². The van der Waals surface area contributed by atoms with E-state index in [4.69, 9.17) is 9.84 Å². The zero-order valence-corrected chi connectivity index (χ0v) is 13.5. The van der Waals surface area contributed by atoms with Crippen molar-refractivity contribution in [2.24, 2.45) is 5.92 Å². The molecule has 0 aliphatic heterocycles. The summed E-state index contributed by atoms with van der Waals surface area (Å²) in [5, 5.41) is 13.8. The fraction of sp³-hybridized carbons (Fsp3) is 0.438. The first-order chi connectivity index (χ1) is 10.8. The van der Waals surface area contributed by atoms with Gasteiger partial charge < -0.3 is 20.5 Å². The van der Waals surface area contributed by atoms with E-state index >= 15 is 0 Å². The summed E-state index contributed by atoms with van der Waals surface area (Å²) in [6, 6.07) is 5.53. The second-order valence-corrected chi connectivity index (χ2v) is 5.27. The quantitative estimate of drug-likeness (QED) is 0.663. The Hall–Kier alpha value is -2.57. The lowest BCUT2D eigenvalue weighted by atomic mass is 10.1. The molecule has 0 aliphatic rings. The molecule has 0 fully saturated rings. The molecule has 0 unspecified atom stereocenters. The van der Waals surface area contributed by atoms with Gasteiger partial charge in [0.15, 0.2) is 0 Å². The number of aliphatic carboxylic acids is 1. The summed E-state index contributed by atoms with van der Waals surface area (Å²) in [6.45, 7) is 5.49. The van der Waals surface area contributed by atoms with E-state index in [9.17, 15) is 14.4 Å². The standard InChI is InChI=1S/C16H22N2O5/c1-4-23-12-7-5-11(6-8-12)15(20)17-9-13(19)18-14(10(2)3)16(21)22/h5-8,10,14H,4,9H2,1-3H3,(H,17,20)(H,18,19)(H,21,22)/t14-/m1/s1. The fourth-order valence-electron chi connectivity index (χ4n) is 1.87. The van der Waals surface area contributed by atoms with Crippen LogP contribution < -0.4 is 15.4 Å². The van der Waals surface area contributed by atoms with Crippen LogP contribution >= 0.6 is 0 Å². The first-order valence-electron chi connectivity index (χ1n) is 7.38. The minimum atomic E-state index is -1.11. The Morgan fingerprint density at radius 1 is 1.17 bits per heavy atom. The predicted octanol–water partition coefficient (Wildman–Crippen LogP) is 1.04. The first kappa shape index (κ1) is 18.5. The molecule has 0 bridgehead atoms. The van der Waals surface area contributed by atoms with Crippen molar-refractivity contribution < 1.29 is 24.2 Å². The number of ether oxygens (including phenoxy) is 1. The van der Waals surface area contributed by atoms with E-state index < -0.39 is 23.8 Å². The van der Waals surface area contributed by atoms with Gasteiger partial charge in [-0.2, -0.15) is 0 Å². The number of hydrogen-bond acceptors (Lipinski definition) is 4. The van der Waals surface area contributed by atoms with Gasteiger partial charge in [0.05, 0.1) is 13.2 Å². The van der Waals surface area contributed by atoms with E-state index in [1.54, 1.807) is 38.1 Å². The molecule has 0 saturated heterocycles. The molecule has 7 heteroatoms. The number of nitrogens with one attached hydrogen (secondary N) is 2. The highest BCUT2D eigenvalue weighted by atomic mass is 16.5. The summed E-state index contributed by atoms with van der Waals surface area (Å²) in [4.78, 5) is 34.7. The third-order valence-electron chi connectivity index (χ3n) is 3.09. The van der Waals surface area contributed by atoms with E-state index in [-0.39, 0.29) is 12.5 Å². The summed E-state index contributed by atoms with van der Waals surface area (Å²) in [5.41, 5.74) is 0.389. The van der Waals surface area contributed by atoms with E-state index in [0.717, 1.165) is 0 Å². The number of carboxylic acid groups (broad SMARTS) is 1. The molecule has 23 heavy (non-hydrogen) atoms. The van der Waals surface area contributed by atoms with Crippen LogP contribution in [0.1, 0.15) is 31.1 Å². The van der Waals surface area contributed by atoms with Crippen LogP contribution in [-0.2, 0) is 9.59 Å². The average Bonchev–Trinajstić information content (AvgIpc) is 2.50. The number of hydrogen-bond donors (Lipinski definition) is 3. The van der Waals surface area contributed by atoms with Gasteiger partial charge in [-0.1, -0.05) is 13.8 Å². The summed E-state index contributed by atoms with van der Waals surface area (Å²) < 4.78 is 5.28. The molecule has 1 atom stereocenters. The van der Waals surface area contributed by atoms with Gasteiger partial charge in [-0.05, 0) is 37.1 Å². The third kappa shape index (κ3) is 5.98. The number of rotatable bonds is 8. The van der Waals surface area contributed by atoms with Crippen LogP contribution in [0.4, 0.5) is 0 Å². The van der Waals surface area contributed by atoms with Crippen molar-refractivity contribution in [1.29, 1.82) is 0 Å². The maximum Gasteiger partial charge on any atom is 0.326 e. The van der Waals surface area contributed by atoms with Crippen LogP contribution in [0.15, 0.2) is 24.3 Å². The number of benzene rings is 1. The lowest BCUT2D eigenvalue weighted by molar-refractivity contribution is -0.142. The van der Waals surface area contributed by atoms with E-state index in [2.05, 4.69) is 10.6 Å². The predicted molar refractivity (Wildman–Crippen MR) is 84.3 cm³/mol. The summed E-state index contributed by atoms with van der Waals surface area (Å²) in [6.07, 6.45) is 0. The molecular formula is C16H22N2O5. The third-order valence-corrected chi connectivity index (χ3v) is 3.09. The molecule has 126 valence electrons. The molecule has 7 nitrogen and oxygen atoms in total. The van der Waals surface area contributed by atoms with Gasteiger partial charge in [0.25, 0.3) is 5.91 Å². The number of carbonyl (C=O) groups excluding carboxylic acids is 2. The van der Waals surface area contributed by atoms with Crippen LogP contribution in [0, 0.1) is 5.92 Å². The SMILES string of the molecule is CCOc1ccc(C(=O)NCC(=O)N[C@@H](C(=O)O)C(C)C)cc1. The van der Waals surface area contributed by atoms with Crippen molar-refractivity contribution in [1.82, 2.24) is 10.6 Å². The zero-order valence-electron chi connectivity index (χ0n) is 13.5. The largest absolute Gasteiger partial charge is 0.494 e. The maximum absolute atomic E-state index is 11.9. The molecular weight excluding hydrogens is 300 g/mol. The number of carboxylic acids is 1. The van der Waals surface area contributed by atoms with Crippen molar-refractivity contribution >= 4 is 17.8 Å². The lowest BCUT2D eigenvalue weighted by Gasteiger charge is -2.18. The molecule has 0 spiro atoms. The van der Waals surface area contributed by atoms with Crippen LogP contribution in [0.2, 0.25) is 0 Å². The first-order valence-corrected chi connectivity index (χ1v) is 7.38. The molecule has 1 aromatic carbocycles. The minimum Gasteiger partial charge on any atom is -0.494 e. The summed E-state index contributed by atoms with van der Waals surface area (Å²) >= 11 is 0. The number of carbonyl (C=O) groups is 3. The van der Waals surface area contributed by atoms with Crippen LogP contribution in [0.3, 0.4) is 0 Å². The second kappa shape index (κ2) is 8.77. The molecule has 1 rings (SSSR count). The smallest absolute Gasteiger partial charge is 0.326 e. The van der Waals surface area contributed by atoms with Crippen LogP contribution in [0.25, 0.3) is 0 Å². The average molecular weight is 322 g/mol. The van der Waals surface area contributed by atoms with Gasteiger partial charge in [-0.25, -0.2) is 4.79 Å². The minimum absolute atomic E-state index is 0.252. The van der Waals surface area contributed by atoms with Crippen molar-refractivity contribution in [3.05, 3.63) is 29.8 Å². The molecule has 0 aliphatic carbocycles. The van der Waals surface area contributed by atoms with Crippen molar-refractivity contribution in [3.63, 3.8) is 0 Å². The molecule has 0 heterocycles. The van der Waals surface area contributed by atoms with Crippen LogP contribution in [-0.4, -0.2) is 42.1 Å². The highest BCUT2D eigenvalue weighted by Gasteiger charge is 2.23. The van der Waals surface area contributed by atoms with Gasteiger partial charge in [-0.3, -0.25) is 9.59 Å². The summed E-state index contributed by atoms with van der Waals surface area (Å²) in [5.74, 6) is -1.67. The van der Waals surface area contributed by atoms with E-state index in [0.29, 0.717) is 17.9 Å². The van der Waals surface area contributed by atoms with E-state index in [1.807, 2.05) is 6.92 Å². The maximum atomic E-state index is 11.9. The Morgan fingerprint density at radius 3 is 2.26 bits per heavy atom. The number of amides is 2. The van der Waals surface area contributed by atoms with Crippen molar-refractivity contribution in [3.8, 4) is 5.75 Å². The molecule has 0 aromatic heterocycles. The van der Waals surface area contributed by atoms with Crippen molar-refractivity contribution in [2.45, 2.75) is 26.8 Å². The second-order valence-electron chi connectivity index (χ2n) is 5.27. The molecule has 1 aromatic rings. The van der Waals surface area contributed by atoms with Crippen molar-refractivity contribution in [2.75, 3.05) is 13.2 Å². The molecule has 0 saturated carbocycles. The summed E-state index contributed by atoms with van der Waals surface area (Å²) in [7, 11) is 0. The molecule has 0 radical (unpaired) electrons. The zero-order chi connectivity index (χ0) is 17.4. The molecule has 3 N–H and O–H groups in total. The van der Waals surface area contributed by atoms with Crippen LogP contribution in [0.5, 0.6) is 5.75 Å².